The van der Waals surface area contributed by atoms with Gasteiger partial charge in [0.2, 0.25) is 11.8 Å². The Balaban J connectivity index is 1.40. The second-order valence-corrected chi connectivity index (χ2v) is 5.61. The Kier molecular flexibility index (Phi) is 3.30. The van der Waals surface area contributed by atoms with E-state index in [9.17, 15) is 9.59 Å². The van der Waals surface area contributed by atoms with E-state index in [2.05, 4.69) is 20.9 Å². The van der Waals surface area contributed by atoms with Crippen LogP contribution in [0.3, 0.4) is 0 Å². The summed E-state index contributed by atoms with van der Waals surface area (Å²) in [5.41, 5.74) is 2.03. The van der Waals surface area contributed by atoms with Crippen molar-refractivity contribution >= 4 is 17.5 Å². The fourth-order valence-corrected chi connectivity index (χ4v) is 2.64. The van der Waals surface area contributed by atoms with Gasteiger partial charge in [-0.25, -0.2) is 4.68 Å². The monoisotopic (exact) mass is 313 g/mol. The molecule has 2 aliphatic heterocycles. The van der Waals surface area contributed by atoms with Crippen molar-refractivity contribution in [2.24, 2.45) is 0 Å². The molecule has 0 spiro atoms. The molecule has 2 amide bonds. The third-order valence-electron chi connectivity index (χ3n) is 3.88. The summed E-state index contributed by atoms with van der Waals surface area (Å²) in [7, 11) is 0. The molecular weight excluding hydrogens is 298 g/mol. The summed E-state index contributed by atoms with van der Waals surface area (Å²) >= 11 is 0. The molecule has 8 nitrogen and oxygen atoms in total. The number of ether oxygens (including phenoxy) is 1. The van der Waals surface area contributed by atoms with Gasteiger partial charge in [-0.3, -0.25) is 9.59 Å². The Morgan fingerprint density at radius 2 is 2.26 bits per heavy atom. The predicted molar refractivity (Wildman–Crippen MR) is 79.4 cm³/mol. The quantitative estimate of drug-likeness (QED) is 0.599. The van der Waals surface area contributed by atoms with E-state index in [0.29, 0.717) is 23.5 Å². The summed E-state index contributed by atoms with van der Waals surface area (Å²) in [5, 5.41) is 13.4. The van der Waals surface area contributed by atoms with Crippen LogP contribution < -0.4 is 10.6 Å². The lowest BCUT2D eigenvalue weighted by atomic mass is 10.00. The summed E-state index contributed by atoms with van der Waals surface area (Å²) in [4.78, 5) is 24.3. The molecule has 3 heterocycles. The maximum Gasteiger partial charge on any atom is 0.241 e. The van der Waals surface area contributed by atoms with Crippen LogP contribution in [0.15, 0.2) is 30.5 Å². The first-order chi connectivity index (χ1) is 11.2. The van der Waals surface area contributed by atoms with Crippen LogP contribution in [0.1, 0.15) is 17.2 Å². The molecule has 1 saturated heterocycles. The molecule has 2 unspecified atom stereocenters. The number of carbonyl (C=O) groups is 2. The second kappa shape index (κ2) is 5.47. The molecular formula is C15H15N5O3. The van der Waals surface area contributed by atoms with Crippen molar-refractivity contribution < 1.29 is 14.3 Å². The molecule has 118 valence electrons. The minimum atomic E-state index is -0.818. The topological polar surface area (TPSA) is 101 Å². The van der Waals surface area contributed by atoms with Crippen molar-refractivity contribution in [2.75, 3.05) is 11.9 Å². The van der Waals surface area contributed by atoms with Crippen molar-refractivity contribution in [1.29, 1.82) is 0 Å². The van der Waals surface area contributed by atoms with E-state index in [1.807, 2.05) is 12.1 Å². The average Bonchev–Trinajstić information content (AvgIpc) is 3.12. The summed E-state index contributed by atoms with van der Waals surface area (Å²) in [5.74, 6) is -1.47. The van der Waals surface area contributed by atoms with Gasteiger partial charge in [0.25, 0.3) is 0 Å². The van der Waals surface area contributed by atoms with Crippen LogP contribution in [0, 0.1) is 0 Å². The number of fused-ring (bicyclic) bond motifs is 1. The summed E-state index contributed by atoms with van der Waals surface area (Å²) < 4.78 is 6.82. The van der Waals surface area contributed by atoms with E-state index in [1.54, 1.807) is 23.0 Å². The number of amides is 2. The van der Waals surface area contributed by atoms with Crippen LogP contribution in [0.2, 0.25) is 0 Å². The third kappa shape index (κ3) is 2.80. The smallest absolute Gasteiger partial charge is 0.241 e. The van der Waals surface area contributed by atoms with Gasteiger partial charge in [-0.2, -0.15) is 0 Å². The maximum atomic E-state index is 12.3. The highest BCUT2D eigenvalue weighted by atomic mass is 16.6. The number of epoxide rings is 1. The summed E-state index contributed by atoms with van der Waals surface area (Å²) in [6, 6.07) is 7.20. The molecule has 1 fully saturated rings. The van der Waals surface area contributed by atoms with Crippen molar-refractivity contribution in [3.63, 3.8) is 0 Å². The Morgan fingerprint density at radius 1 is 1.43 bits per heavy atom. The van der Waals surface area contributed by atoms with Crippen LogP contribution in [0.4, 0.5) is 5.69 Å². The molecule has 2 N–H and O–H groups in total. The first kappa shape index (κ1) is 13.9. The molecule has 0 bridgehead atoms. The first-order valence-corrected chi connectivity index (χ1v) is 7.39. The molecule has 4 rings (SSSR count). The number of anilines is 1. The zero-order valence-corrected chi connectivity index (χ0v) is 12.2. The number of para-hydroxylation sites is 1. The fourth-order valence-electron chi connectivity index (χ4n) is 2.64. The summed E-state index contributed by atoms with van der Waals surface area (Å²) in [6.45, 7) is 1.65. The zero-order valence-electron chi connectivity index (χ0n) is 12.2. The predicted octanol–water partition coefficient (Wildman–Crippen LogP) is 0.0290. The zero-order chi connectivity index (χ0) is 15.8. The van der Waals surface area contributed by atoms with Crippen molar-refractivity contribution in [2.45, 2.75) is 25.1 Å². The van der Waals surface area contributed by atoms with Gasteiger partial charge in [0, 0.05) is 5.69 Å². The van der Waals surface area contributed by atoms with Gasteiger partial charge in [0.05, 0.1) is 25.9 Å². The van der Waals surface area contributed by atoms with Crippen LogP contribution >= 0.6 is 0 Å². The van der Waals surface area contributed by atoms with Gasteiger partial charge in [-0.05, 0) is 11.6 Å². The molecule has 2 aliphatic rings. The Hall–Kier alpha value is -2.74. The molecule has 0 radical (unpaired) electrons. The summed E-state index contributed by atoms with van der Waals surface area (Å²) in [6.07, 6.45) is 1.99. The van der Waals surface area contributed by atoms with Crippen molar-refractivity contribution in [1.82, 2.24) is 20.3 Å². The average molecular weight is 313 g/mol. The molecule has 2 aromatic rings. The highest BCUT2D eigenvalue weighted by molar-refractivity contribution is 6.16. The van der Waals surface area contributed by atoms with Crippen LogP contribution in [0.25, 0.3) is 0 Å². The maximum absolute atomic E-state index is 12.3. The van der Waals surface area contributed by atoms with E-state index in [1.165, 1.54) is 0 Å². The van der Waals surface area contributed by atoms with Gasteiger partial charge in [-0.1, -0.05) is 23.4 Å². The number of carbonyl (C=O) groups excluding carboxylic acids is 2. The van der Waals surface area contributed by atoms with Gasteiger partial charge < -0.3 is 15.4 Å². The SMILES string of the molecule is O=C(NCc1cn(CC2CO2)nn1)C1C(=O)Nc2ccccc21. The van der Waals surface area contributed by atoms with E-state index < -0.39 is 5.92 Å². The van der Waals surface area contributed by atoms with Gasteiger partial charge in [-0.15, -0.1) is 5.10 Å². The standard InChI is InChI=1S/C15H15N5O3/c21-14(13-11-3-1-2-4-12(11)17-15(13)22)16-5-9-6-20(19-18-9)7-10-8-23-10/h1-4,6,10,13H,5,7-8H2,(H,16,21)(H,17,22). The van der Waals surface area contributed by atoms with Gasteiger partial charge >= 0.3 is 0 Å². The number of hydrogen-bond acceptors (Lipinski definition) is 5. The number of aromatic nitrogens is 3. The molecule has 2 atom stereocenters. The Labute approximate surface area is 131 Å². The molecule has 0 aliphatic carbocycles. The highest BCUT2D eigenvalue weighted by Crippen LogP contribution is 2.32. The number of nitrogens with one attached hydrogen (secondary N) is 2. The fraction of sp³-hybridized carbons (Fsp3) is 0.333. The van der Waals surface area contributed by atoms with E-state index in [-0.39, 0.29) is 24.5 Å². The van der Waals surface area contributed by atoms with Crippen molar-refractivity contribution in [3.05, 3.63) is 41.7 Å². The third-order valence-corrected chi connectivity index (χ3v) is 3.88. The molecule has 23 heavy (non-hydrogen) atoms. The normalized spacial score (nSPS) is 21.7. The number of benzene rings is 1. The molecule has 1 aromatic heterocycles. The van der Waals surface area contributed by atoms with E-state index >= 15 is 0 Å². The lowest BCUT2D eigenvalue weighted by molar-refractivity contribution is -0.128. The van der Waals surface area contributed by atoms with E-state index in [4.69, 9.17) is 4.74 Å². The van der Waals surface area contributed by atoms with Crippen molar-refractivity contribution in [3.8, 4) is 0 Å². The lowest BCUT2D eigenvalue weighted by Crippen LogP contribution is -2.32. The molecule has 0 saturated carbocycles. The molecule has 1 aromatic carbocycles. The Bertz CT molecular complexity index is 768. The largest absolute Gasteiger partial charge is 0.371 e. The number of nitrogens with zero attached hydrogens (tertiary/aromatic N) is 3. The number of rotatable bonds is 5. The van der Waals surface area contributed by atoms with E-state index in [0.717, 1.165) is 6.61 Å². The minimum Gasteiger partial charge on any atom is -0.371 e. The van der Waals surface area contributed by atoms with Crippen LogP contribution in [0.5, 0.6) is 0 Å². The van der Waals surface area contributed by atoms with Gasteiger partial charge in [0.1, 0.15) is 17.7 Å². The number of hydrogen-bond donors (Lipinski definition) is 2. The second-order valence-electron chi connectivity index (χ2n) is 5.61. The van der Waals surface area contributed by atoms with Crippen LogP contribution in [-0.4, -0.2) is 39.5 Å². The lowest BCUT2D eigenvalue weighted by Gasteiger charge is -2.08. The minimum absolute atomic E-state index is 0.220. The van der Waals surface area contributed by atoms with Crippen LogP contribution in [-0.2, 0) is 27.4 Å². The molecule has 8 heteroatoms. The Morgan fingerprint density at radius 3 is 3.09 bits per heavy atom. The first-order valence-electron chi connectivity index (χ1n) is 7.39. The highest BCUT2D eigenvalue weighted by Gasteiger charge is 2.36. The van der Waals surface area contributed by atoms with Gasteiger partial charge in [0.15, 0.2) is 0 Å².